The second-order valence-electron chi connectivity index (χ2n) is 4.29. The van der Waals surface area contributed by atoms with Gasteiger partial charge in [-0.1, -0.05) is 6.07 Å². The molecule has 0 saturated carbocycles. The van der Waals surface area contributed by atoms with Crippen molar-refractivity contribution in [1.29, 1.82) is 0 Å². The van der Waals surface area contributed by atoms with Crippen LogP contribution in [0, 0.1) is 6.92 Å². The number of nitrogens with zero attached hydrogens (tertiary/aromatic N) is 1. The largest absolute Gasteiger partial charge is 0.467 e. The molecule has 3 rings (SSSR count). The summed E-state index contributed by atoms with van der Waals surface area (Å²) in [5, 5.41) is 2.82. The minimum absolute atomic E-state index is 0.159. The lowest BCUT2D eigenvalue weighted by atomic mass is 10.1. The molecular weight excluding hydrogens is 242 g/mol. The minimum Gasteiger partial charge on any atom is -0.467 e. The average Bonchev–Trinajstić information content (AvgIpc) is 3.02. The summed E-state index contributed by atoms with van der Waals surface area (Å²) in [5.74, 6) is 1.36. The molecule has 0 spiro atoms. The van der Waals surface area contributed by atoms with Crippen LogP contribution in [0.2, 0.25) is 0 Å². The van der Waals surface area contributed by atoms with Crippen LogP contribution in [0.1, 0.15) is 21.9 Å². The number of benzene rings is 1. The first-order chi connectivity index (χ1) is 9.24. The average molecular weight is 255 g/mol. The van der Waals surface area contributed by atoms with Crippen LogP contribution in [0.5, 0.6) is 0 Å². The summed E-state index contributed by atoms with van der Waals surface area (Å²) in [6.45, 7) is 2.23. The smallest absolute Gasteiger partial charge is 0.253 e. The third-order valence-electron chi connectivity index (χ3n) is 2.88. The number of aryl methyl sites for hydroxylation is 1. The van der Waals surface area contributed by atoms with Gasteiger partial charge in [0.2, 0.25) is 0 Å². The number of H-pyrrole nitrogens is 1. The van der Waals surface area contributed by atoms with Gasteiger partial charge < -0.3 is 14.7 Å². The molecule has 5 nitrogen and oxygen atoms in total. The molecule has 0 aliphatic carbocycles. The molecule has 1 aromatic carbocycles. The summed E-state index contributed by atoms with van der Waals surface area (Å²) in [6.07, 6.45) is 1.58. The zero-order valence-electron chi connectivity index (χ0n) is 10.4. The Labute approximate surface area is 109 Å². The molecular formula is C14H13N3O2. The highest BCUT2D eigenvalue weighted by molar-refractivity contribution is 6.04. The Bertz CT molecular complexity index is 713. The van der Waals surface area contributed by atoms with Crippen LogP contribution in [-0.2, 0) is 6.54 Å². The monoisotopic (exact) mass is 255 g/mol. The molecule has 96 valence electrons. The van der Waals surface area contributed by atoms with Gasteiger partial charge in [-0.05, 0) is 31.2 Å². The molecule has 0 saturated heterocycles. The molecule has 0 bridgehead atoms. The van der Waals surface area contributed by atoms with E-state index in [0.29, 0.717) is 17.6 Å². The Morgan fingerprint density at radius 3 is 3.05 bits per heavy atom. The van der Waals surface area contributed by atoms with E-state index in [1.54, 1.807) is 18.4 Å². The zero-order valence-corrected chi connectivity index (χ0v) is 10.4. The van der Waals surface area contributed by atoms with Gasteiger partial charge in [0.15, 0.2) is 0 Å². The fourth-order valence-electron chi connectivity index (χ4n) is 2.01. The fourth-order valence-corrected chi connectivity index (χ4v) is 2.01. The van der Waals surface area contributed by atoms with Crippen molar-refractivity contribution in [2.24, 2.45) is 0 Å². The third-order valence-corrected chi connectivity index (χ3v) is 2.88. The summed E-state index contributed by atoms with van der Waals surface area (Å²) in [7, 11) is 0. The van der Waals surface area contributed by atoms with E-state index in [9.17, 15) is 4.79 Å². The van der Waals surface area contributed by atoms with Crippen molar-refractivity contribution >= 4 is 16.9 Å². The number of furan rings is 1. The van der Waals surface area contributed by atoms with Crippen molar-refractivity contribution in [3.8, 4) is 0 Å². The molecule has 19 heavy (non-hydrogen) atoms. The van der Waals surface area contributed by atoms with Crippen LogP contribution < -0.4 is 5.32 Å². The highest BCUT2D eigenvalue weighted by atomic mass is 16.3. The van der Waals surface area contributed by atoms with Gasteiger partial charge in [0.25, 0.3) is 5.91 Å². The highest BCUT2D eigenvalue weighted by Crippen LogP contribution is 2.16. The maximum absolute atomic E-state index is 12.2. The molecule has 1 amide bonds. The van der Waals surface area contributed by atoms with Gasteiger partial charge in [0, 0.05) is 0 Å². The number of hydrogen-bond acceptors (Lipinski definition) is 3. The number of fused-ring (bicyclic) bond motifs is 1. The van der Waals surface area contributed by atoms with Gasteiger partial charge in [0.05, 0.1) is 23.9 Å². The van der Waals surface area contributed by atoms with Crippen molar-refractivity contribution in [2.45, 2.75) is 13.5 Å². The first-order valence-electron chi connectivity index (χ1n) is 6.00. The van der Waals surface area contributed by atoms with Crippen LogP contribution in [0.25, 0.3) is 11.0 Å². The molecule has 0 atom stereocenters. The number of para-hydroxylation sites is 1. The van der Waals surface area contributed by atoms with Crippen LogP contribution in [0.4, 0.5) is 0 Å². The Morgan fingerprint density at radius 2 is 2.26 bits per heavy atom. The molecule has 2 heterocycles. The summed E-state index contributed by atoms with van der Waals surface area (Å²) in [5.41, 5.74) is 2.12. The van der Waals surface area contributed by atoms with Gasteiger partial charge in [-0.2, -0.15) is 0 Å². The molecule has 2 aromatic heterocycles. The van der Waals surface area contributed by atoms with Gasteiger partial charge in [-0.3, -0.25) is 4.79 Å². The molecule has 2 N–H and O–H groups in total. The number of amides is 1. The first-order valence-corrected chi connectivity index (χ1v) is 6.00. The Kier molecular flexibility index (Phi) is 2.79. The number of carbonyl (C=O) groups excluding carboxylic acids is 1. The van der Waals surface area contributed by atoms with Crippen molar-refractivity contribution in [2.75, 3.05) is 0 Å². The second-order valence-corrected chi connectivity index (χ2v) is 4.29. The van der Waals surface area contributed by atoms with Gasteiger partial charge in [0.1, 0.15) is 17.1 Å². The van der Waals surface area contributed by atoms with Crippen molar-refractivity contribution in [3.63, 3.8) is 0 Å². The third kappa shape index (κ3) is 2.22. The fraction of sp³-hybridized carbons (Fsp3) is 0.143. The number of nitrogens with one attached hydrogen (secondary N) is 2. The predicted molar refractivity (Wildman–Crippen MR) is 70.7 cm³/mol. The van der Waals surface area contributed by atoms with Crippen LogP contribution in [0.3, 0.4) is 0 Å². The van der Waals surface area contributed by atoms with Gasteiger partial charge in [-0.15, -0.1) is 0 Å². The Hall–Kier alpha value is -2.56. The summed E-state index contributed by atoms with van der Waals surface area (Å²) < 4.78 is 5.17. The van der Waals surface area contributed by atoms with Crippen molar-refractivity contribution in [3.05, 3.63) is 53.7 Å². The molecule has 3 aromatic rings. The molecule has 0 fully saturated rings. The lowest BCUT2D eigenvalue weighted by Gasteiger charge is -2.03. The van der Waals surface area contributed by atoms with Crippen LogP contribution in [-0.4, -0.2) is 15.9 Å². The van der Waals surface area contributed by atoms with Crippen molar-refractivity contribution < 1.29 is 9.21 Å². The lowest BCUT2D eigenvalue weighted by Crippen LogP contribution is -2.22. The number of aromatic amines is 1. The maximum Gasteiger partial charge on any atom is 0.253 e. The number of imidazole rings is 1. The van der Waals surface area contributed by atoms with Gasteiger partial charge in [-0.25, -0.2) is 4.98 Å². The topological polar surface area (TPSA) is 70.9 Å². The van der Waals surface area contributed by atoms with E-state index in [0.717, 1.165) is 17.1 Å². The Morgan fingerprint density at radius 1 is 1.37 bits per heavy atom. The predicted octanol–water partition coefficient (Wildman–Crippen LogP) is 2.39. The van der Waals surface area contributed by atoms with E-state index in [1.165, 1.54) is 0 Å². The summed E-state index contributed by atoms with van der Waals surface area (Å²) in [6, 6.07) is 9.11. The van der Waals surface area contributed by atoms with Crippen LogP contribution >= 0.6 is 0 Å². The van der Waals surface area contributed by atoms with Crippen LogP contribution in [0.15, 0.2) is 41.0 Å². The normalized spacial score (nSPS) is 10.8. The van der Waals surface area contributed by atoms with Gasteiger partial charge >= 0.3 is 0 Å². The number of carbonyl (C=O) groups is 1. The standard InChI is InChI=1S/C14H13N3O2/c1-9-16-12-6-2-5-11(13(12)17-9)14(18)15-8-10-4-3-7-19-10/h2-7H,8H2,1H3,(H,15,18)(H,16,17). The first kappa shape index (κ1) is 11.5. The second kappa shape index (κ2) is 4.61. The molecule has 5 heteroatoms. The minimum atomic E-state index is -0.159. The number of hydrogen-bond donors (Lipinski definition) is 2. The highest BCUT2D eigenvalue weighted by Gasteiger charge is 2.12. The Balaban J connectivity index is 1.85. The maximum atomic E-state index is 12.2. The number of aromatic nitrogens is 2. The van der Waals surface area contributed by atoms with E-state index in [2.05, 4.69) is 15.3 Å². The van der Waals surface area contributed by atoms with E-state index >= 15 is 0 Å². The van der Waals surface area contributed by atoms with E-state index < -0.39 is 0 Å². The van der Waals surface area contributed by atoms with E-state index in [-0.39, 0.29) is 5.91 Å². The number of rotatable bonds is 3. The zero-order chi connectivity index (χ0) is 13.2. The van der Waals surface area contributed by atoms with E-state index in [4.69, 9.17) is 4.42 Å². The molecule has 0 aliphatic heterocycles. The quantitative estimate of drug-likeness (QED) is 0.755. The summed E-state index contributed by atoms with van der Waals surface area (Å²) >= 11 is 0. The SMILES string of the molecule is Cc1nc2c(C(=O)NCc3ccco3)cccc2[nH]1. The molecule has 0 unspecified atom stereocenters. The molecule has 0 radical (unpaired) electrons. The molecule has 0 aliphatic rings. The van der Waals surface area contributed by atoms with Crippen molar-refractivity contribution in [1.82, 2.24) is 15.3 Å². The van der Waals surface area contributed by atoms with E-state index in [1.807, 2.05) is 25.1 Å². The summed E-state index contributed by atoms with van der Waals surface area (Å²) in [4.78, 5) is 19.6. The lowest BCUT2D eigenvalue weighted by molar-refractivity contribution is 0.0949.